The van der Waals surface area contributed by atoms with Gasteiger partial charge in [0, 0.05) is 13.0 Å². The molecule has 0 amide bonds. The van der Waals surface area contributed by atoms with Crippen LogP contribution in [0.5, 0.6) is 11.5 Å². The van der Waals surface area contributed by atoms with Crippen LogP contribution in [0.15, 0.2) is 48.5 Å². The first-order chi connectivity index (χ1) is 11.6. The monoisotopic (exact) mass is 327 g/mol. The fraction of sp³-hybridized carbons (Fsp3) is 0.400. The van der Waals surface area contributed by atoms with Gasteiger partial charge in [0.05, 0.1) is 6.10 Å². The molecule has 3 rings (SSSR count). The summed E-state index contributed by atoms with van der Waals surface area (Å²) in [5.41, 5.74) is 8.20. The predicted molar refractivity (Wildman–Crippen MR) is 94.6 cm³/mol. The number of ether oxygens (including phenoxy) is 3. The van der Waals surface area contributed by atoms with Crippen LogP contribution in [0, 0.1) is 13.8 Å². The van der Waals surface area contributed by atoms with Crippen molar-refractivity contribution in [2.24, 2.45) is 5.73 Å². The van der Waals surface area contributed by atoms with Crippen molar-refractivity contribution in [1.29, 1.82) is 0 Å². The minimum Gasteiger partial charge on any atom is -0.491 e. The van der Waals surface area contributed by atoms with Crippen LogP contribution < -0.4 is 15.2 Å². The molecule has 4 nitrogen and oxygen atoms in total. The standard InChI is InChI=1S/C20H25NO3/c1-14-3-7-16(8-4-14)22-13-20-19(11-18(12-21)24-20)23-17-9-5-15(2)6-10-17/h3-10,18-20H,11-13,21H2,1-2H3/t18-,19+,20-/m1/s1. The van der Waals surface area contributed by atoms with E-state index in [0.717, 1.165) is 17.9 Å². The largest absolute Gasteiger partial charge is 0.491 e. The molecule has 0 aromatic heterocycles. The lowest BCUT2D eigenvalue weighted by Gasteiger charge is -2.20. The van der Waals surface area contributed by atoms with E-state index in [1.54, 1.807) is 0 Å². The van der Waals surface area contributed by atoms with Crippen molar-refractivity contribution in [3.63, 3.8) is 0 Å². The van der Waals surface area contributed by atoms with Gasteiger partial charge in [0.1, 0.15) is 30.3 Å². The molecule has 2 aromatic rings. The van der Waals surface area contributed by atoms with Gasteiger partial charge in [-0.1, -0.05) is 35.4 Å². The summed E-state index contributed by atoms with van der Waals surface area (Å²) in [6.07, 6.45) is 0.631. The van der Waals surface area contributed by atoms with Crippen LogP contribution in [0.3, 0.4) is 0 Å². The molecule has 1 fully saturated rings. The third-order valence-corrected chi connectivity index (χ3v) is 4.28. The maximum absolute atomic E-state index is 6.12. The summed E-state index contributed by atoms with van der Waals surface area (Å²) in [4.78, 5) is 0. The van der Waals surface area contributed by atoms with Crippen LogP contribution >= 0.6 is 0 Å². The van der Waals surface area contributed by atoms with Crippen molar-refractivity contribution >= 4 is 0 Å². The molecule has 0 radical (unpaired) electrons. The molecule has 2 aromatic carbocycles. The first kappa shape index (κ1) is 16.8. The van der Waals surface area contributed by atoms with Crippen molar-refractivity contribution in [1.82, 2.24) is 0 Å². The number of rotatable bonds is 6. The van der Waals surface area contributed by atoms with Crippen LogP contribution in [0.25, 0.3) is 0 Å². The lowest BCUT2D eigenvalue weighted by molar-refractivity contribution is -0.00712. The van der Waals surface area contributed by atoms with Crippen LogP contribution in [0.2, 0.25) is 0 Å². The molecule has 3 atom stereocenters. The third-order valence-electron chi connectivity index (χ3n) is 4.28. The SMILES string of the molecule is Cc1ccc(OC[C@H]2O[C@@H](CN)C[C@@H]2Oc2ccc(C)cc2)cc1. The van der Waals surface area contributed by atoms with Crippen molar-refractivity contribution in [2.45, 2.75) is 38.6 Å². The Balaban J connectivity index is 1.62. The van der Waals surface area contributed by atoms with Gasteiger partial charge in [0.15, 0.2) is 0 Å². The number of hydrogen-bond acceptors (Lipinski definition) is 4. The van der Waals surface area contributed by atoms with Crippen molar-refractivity contribution in [3.8, 4) is 11.5 Å². The van der Waals surface area contributed by atoms with Gasteiger partial charge in [-0.2, -0.15) is 0 Å². The normalized spacial score (nSPS) is 23.2. The molecule has 1 aliphatic rings. The second-order valence-corrected chi connectivity index (χ2v) is 6.36. The Labute approximate surface area is 143 Å². The van der Waals surface area contributed by atoms with Crippen LogP contribution in [0.4, 0.5) is 0 Å². The van der Waals surface area contributed by atoms with E-state index in [4.69, 9.17) is 19.9 Å². The fourth-order valence-electron chi connectivity index (χ4n) is 2.83. The first-order valence-electron chi connectivity index (χ1n) is 8.42. The van der Waals surface area contributed by atoms with Gasteiger partial charge in [-0.05, 0) is 38.1 Å². The van der Waals surface area contributed by atoms with Gasteiger partial charge in [-0.3, -0.25) is 0 Å². The van der Waals surface area contributed by atoms with Gasteiger partial charge >= 0.3 is 0 Å². The number of benzene rings is 2. The molecule has 24 heavy (non-hydrogen) atoms. The second kappa shape index (κ2) is 7.69. The van der Waals surface area contributed by atoms with E-state index in [1.165, 1.54) is 11.1 Å². The average Bonchev–Trinajstić information content (AvgIpc) is 2.98. The highest BCUT2D eigenvalue weighted by atomic mass is 16.6. The van der Waals surface area contributed by atoms with Gasteiger partial charge in [-0.15, -0.1) is 0 Å². The Bertz CT molecular complexity index is 639. The molecule has 0 aliphatic carbocycles. The Morgan fingerprint density at radius 2 is 1.54 bits per heavy atom. The lowest BCUT2D eigenvalue weighted by Crippen LogP contribution is -2.32. The number of hydrogen-bond donors (Lipinski definition) is 1. The summed E-state index contributed by atoms with van der Waals surface area (Å²) in [6.45, 7) is 5.07. The van der Waals surface area contributed by atoms with Gasteiger partial charge in [-0.25, -0.2) is 0 Å². The van der Waals surface area contributed by atoms with Gasteiger partial charge < -0.3 is 19.9 Å². The van der Waals surface area contributed by atoms with E-state index >= 15 is 0 Å². The average molecular weight is 327 g/mol. The minimum absolute atomic E-state index is 0.0204. The van der Waals surface area contributed by atoms with E-state index < -0.39 is 0 Å². The highest BCUT2D eigenvalue weighted by Crippen LogP contribution is 2.26. The van der Waals surface area contributed by atoms with E-state index in [-0.39, 0.29) is 18.3 Å². The summed E-state index contributed by atoms with van der Waals surface area (Å²) >= 11 is 0. The van der Waals surface area contributed by atoms with Gasteiger partial charge in [0.2, 0.25) is 0 Å². The summed E-state index contributed by atoms with van der Waals surface area (Å²) in [5.74, 6) is 1.70. The smallest absolute Gasteiger partial charge is 0.131 e. The van der Waals surface area contributed by atoms with Crippen LogP contribution in [0.1, 0.15) is 17.5 Å². The summed E-state index contributed by atoms with van der Waals surface area (Å²) in [7, 11) is 0. The molecule has 1 heterocycles. The number of nitrogens with two attached hydrogens (primary N) is 1. The van der Waals surface area contributed by atoms with E-state index in [0.29, 0.717) is 13.2 Å². The first-order valence-corrected chi connectivity index (χ1v) is 8.42. The molecule has 4 heteroatoms. The van der Waals surface area contributed by atoms with E-state index in [9.17, 15) is 0 Å². The fourth-order valence-corrected chi connectivity index (χ4v) is 2.83. The molecular formula is C20H25NO3. The Morgan fingerprint density at radius 1 is 0.958 bits per heavy atom. The molecule has 0 bridgehead atoms. The van der Waals surface area contributed by atoms with Crippen molar-refractivity contribution < 1.29 is 14.2 Å². The molecule has 128 valence electrons. The highest BCUT2D eigenvalue weighted by Gasteiger charge is 2.36. The molecule has 2 N–H and O–H groups in total. The maximum atomic E-state index is 6.12. The molecule has 0 saturated carbocycles. The van der Waals surface area contributed by atoms with Crippen LogP contribution in [-0.4, -0.2) is 31.5 Å². The number of aryl methyl sites for hydroxylation is 2. The quantitative estimate of drug-likeness (QED) is 0.885. The van der Waals surface area contributed by atoms with Crippen molar-refractivity contribution in [3.05, 3.63) is 59.7 Å². The third kappa shape index (κ3) is 4.28. The van der Waals surface area contributed by atoms with Gasteiger partial charge in [0.25, 0.3) is 0 Å². The zero-order chi connectivity index (χ0) is 16.9. The van der Waals surface area contributed by atoms with E-state index in [2.05, 4.69) is 13.8 Å². The molecule has 1 aliphatic heterocycles. The topological polar surface area (TPSA) is 53.7 Å². The predicted octanol–water partition coefficient (Wildman–Crippen LogP) is 3.25. The molecule has 1 saturated heterocycles. The summed E-state index contributed by atoms with van der Waals surface area (Å²) in [6, 6.07) is 16.1. The second-order valence-electron chi connectivity index (χ2n) is 6.36. The highest BCUT2D eigenvalue weighted by molar-refractivity contribution is 5.27. The molecule has 0 spiro atoms. The summed E-state index contributed by atoms with van der Waals surface area (Å²) in [5, 5.41) is 0. The Morgan fingerprint density at radius 3 is 2.12 bits per heavy atom. The zero-order valence-corrected chi connectivity index (χ0v) is 14.3. The zero-order valence-electron chi connectivity index (χ0n) is 14.3. The van der Waals surface area contributed by atoms with E-state index in [1.807, 2.05) is 48.5 Å². The Hall–Kier alpha value is -2.04. The minimum atomic E-state index is -0.124. The Kier molecular flexibility index (Phi) is 5.38. The van der Waals surface area contributed by atoms with Crippen molar-refractivity contribution in [2.75, 3.05) is 13.2 Å². The maximum Gasteiger partial charge on any atom is 0.131 e. The molecule has 0 unspecified atom stereocenters. The van der Waals surface area contributed by atoms with Crippen LogP contribution in [-0.2, 0) is 4.74 Å². The lowest BCUT2D eigenvalue weighted by atomic mass is 10.1. The summed E-state index contributed by atoms with van der Waals surface area (Å²) < 4.78 is 18.0. The molecular weight excluding hydrogens is 302 g/mol.